The SMILES string of the molecule is CC(C)C1CCN(c2ccc3c(c2)NC(=O)C3N)CC1. The molecule has 1 fully saturated rings. The minimum Gasteiger partial charge on any atom is -0.371 e. The van der Waals surface area contributed by atoms with E-state index in [0.29, 0.717) is 0 Å². The van der Waals surface area contributed by atoms with Gasteiger partial charge in [-0.05, 0) is 36.8 Å². The molecule has 0 aromatic heterocycles. The summed E-state index contributed by atoms with van der Waals surface area (Å²) in [7, 11) is 0. The number of fused-ring (bicyclic) bond motifs is 1. The highest BCUT2D eigenvalue weighted by molar-refractivity contribution is 6.02. The molecule has 3 N–H and O–H groups in total. The molecule has 0 radical (unpaired) electrons. The number of anilines is 2. The fourth-order valence-electron chi connectivity index (χ4n) is 3.30. The number of benzene rings is 1. The van der Waals surface area contributed by atoms with Gasteiger partial charge in [-0.15, -0.1) is 0 Å². The molecule has 2 aliphatic rings. The fraction of sp³-hybridized carbons (Fsp3) is 0.562. The molecule has 3 rings (SSSR count). The molecule has 20 heavy (non-hydrogen) atoms. The molecule has 108 valence electrons. The van der Waals surface area contributed by atoms with Crippen LogP contribution in [0.3, 0.4) is 0 Å². The first kappa shape index (κ1) is 13.4. The molecule has 1 amide bonds. The lowest BCUT2D eigenvalue weighted by Crippen LogP contribution is -2.35. The number of carbonyl (C=O) groups excluding carboxylic acids is 1. The van der Waals surface area contributed by atoms with Crippen molar-refractivity contribution in [3.05, 3.63) is 23.8 Å². The van der Waals surface area contributed by atoms with Crippen molar-refractivity contribution >= 4 is 17.3 Å². The monoisotopic (exact) mass is 273 g/mol. The van der Waals surface area contributed by atoms with Gasteiger partial charge in [-0.3, -0.25) is 4.79 Å². The molecule has 2 heterocycles. The van der Waals surface area contributed by atoms with Gasteiger partial charge in [0.1, 0.15) is 6.04 Å². The molecule has 0 bridgehead atoms. The van der Waals surface area contributed by atoms with Crippen molar-refractivity contribution < 1.29 is 4.79 Å². The second kappa shape index (κ2) is 5.09. The Morgan fingerprint density at radius 2 is 2.00 bits per heavy atom. The average Bonchev–Trinajstić information content (AvgIpc) is 2.74. The van der Waals surface area contributed by atoms with Gasteiger partial charge in [0.2, 0.25) is 5.91 Å². The molecule has 4 nitrogen and oxygen atoms in total. The number of hydrogen-bond donors (Lipinski definition) is 2. The predicted molar refractivity (Wildman–Crippen MR) is 81.8 cm³/mol. The maximum atomic E-state index is 11.6. The second-order valence-corrected chi connectivity index (χ2v) is 6.31. The Morgan fingerprint density at radius 1 is 1.30 bits per heavy atom. The largest absolute Gasteiger partial charge is 0.371 e. The minimum absolute atomic E-state index is 0.101. The van der Waals surface area contributed by atoms with E-state index in [1.165, 1.54) is 18.5 Å². The normalized spacial score (nSPS) is 23.1. The van der Waals surface area contributed by atoms with Gasteiger partial charge in [0.25, 0.3) is 0 Å². The fourth-order valence-corrected chi connectivity index (χ4v) is 3.30. The van der Waals surface area contributed by atoms with Crippen molar-refractivity contribution in [2.75, 3.05) is 23.3 Å². The summed E-state index contributed by atoms with van der Waals surface area (Å²) in [6.07, 6.45) is 2.50. The molecule has 4 heteroatoms. The summed E-state index contributed by atoms with van der Waals surface area (Å²) in [5.74, 6) is 1.51. The highest BCUT2D eigenvalue weighted by atomic mass is 16.2. The molecule has 1 unspecified atom stereocenters. The number of carbonyl (C=O) groups is 1. The molecule has 2 aliphatic heterocycles. The van der Waals surface area contributed by atoms with Gasteiger partial charge in [0.15, 0.2) is 0 Å². The Balaban J connectivity index is 1.74. The van der Waals surface area contributed by atoms with Crippen molar-refractivity contribution in [3.63, 3.8) is 0 Å². The van der Waals surface area contributed by atoms with E-state index in [1.54, 1.807) is 0 Å². The Bertz CT molecular complexity index is 518. The summed E-state index contributed by atoms with van der Waals surface area (Å²) in [4.78, 5) is 14.0. The van der Waals surface area contributed by atoms with Crippen molar-refractivity contribution in [3.8, 4) is 0 Å². The molecule has 1 saturated heterocycles. The smallest absolute Gasteiger partial charge is 0.245 e. The molecule has 1 aromatic carbocycles. The van der Waals surface area contributed by atoms with Crippen LogP contribution in [0.2, 0.25) is 0 Å². The molecule has 0 spiro atoms. The number of piperidine rings is 1. The maximum Gasteiger partial charge on any atom is 0.245 e. The summed E-state index contributed by atoms with van der Waals surface area (Å²) in [6.45, 7) is 6.82. The van der Waals surface area contributed by atoms with Crippen LogP contribution in [0, 0.1) is 11.8 Å². The average molecular weight is 273 g/mol. The van der Waals surface area contributed by atoms with E-state index in [4.69, 9.17) is 5.73 Å². The lowest BCUT2D eigenvalue weighted by molar-refractivity contribution is -0.116. The van der Waals surface area contributed by atoms with Crippen molar-refractivity contribution in [1.82, 2.24) is 0 Å². The van der Waals surface area contributed by atoms with Gasteiger partial charge in [0, 0.05) is 30.0 Å². The second-order valence-electron chi connectivity index (χ2n) is 6.31. The molecular formula is C16H23N3O. The van der Waals surface area contributed by atoms with E-state index in [0.717, 1.165) is 36.2 Å². The number of nitrogens with one attached hydrogen (secondary N) is 1. The highest BCUT2D eigenvalue weighted by Gasteiger charge is 2.28. The van der Waals surface area contributed by atoms with Crippen LogP contribution in [0.1, 0.15) is 38.3 Å². The van der Waals surface area contributed by atoms with E-state index in [9.17, 15) is 4.79 Å². The summed E-state index contributed by atoms with van der Waals surface area (Å²) >= 11 is 0. The lowest BCUT2D eigenvalue weighted by atomic mass is 9.86. The van der Waals surface area contributed by atoms with Crippen LogP contribution in [0.25, 0.3) is 0 Å². The van der Waals surface area contributed by atoms with E-state index in [1.807, 2.05) is 6.07 Å². The summed E-state index contributed by atoms with van der Waals surface area (Å²) in [5.41, 5.74) is 8.83. The Kier molecular flexibility index (Phi) is 3.42. The first-order chi connectivity index (χ1) is 9.56. The number of amides is 1. The first-order valence-electron chi connectivity index (χ1n) is 7.51. The Hall–Kier alpha value is -1.55. The molecule has 1 aromatic rings. The highest BCUT2D eigenvalue weighted by Crippen LogP contribution is 2.34. The van der Waals surface area contributed by atoms with Gasteiger partial charge < -0.3 is 16.0 Å². The zero-order valence-corrected chi connectivity index (χ0v) is 12.2. The number of hydrogen-bond acceptors (Lipinski definition) is 3. The molecule has 1 atom stereocenters. The van der Waals surface area contributed by atoms with Crippen LogP contribution >= 0.6 is 0 Å². The third kappa shape index (κ3) is 2.29. The first-order valence-corrected chi connectivity index (χ1v) is 7.51. The third-order valence-electron chi connectivity index (χ3n) is 4.76. The number of nitrogens with zero attached hydrogens (tertiary/aromatic N) is 1. The van der Waals surface area contributed by atoms with Crippen LogP contribution in [0.4, 0.5) is 11.4 Å². The van der Waals surface area contributed by atoms with Crippen LogP contribution < -0.4 is 16.0 Å². The standard InChI is InChI=1S/C16H23N3O/c1-10(2)11-5-7-19(8-6-11)12-3-4-13-14(9-12)18-16(20)15(13)17/h3-4,9-11,15H,5-8,17H2,1-2H3,(H,18,20). The number of rotatable bonds is 2. The molecule has 0 aliphatic carbocycles. The summed E-state index contributed by atoms with van der Waals surface area (Å²) < 4.78 is 0. The van der Waals surface area contributed by atoms with Crippen molar-refractivity contribution in [2.45, 2.75) is 32.7 Å². The lowest BCUT2D eigenvalue weighted by Gasteiger charge is -2.35. The minimum atomic E-state index is -0.509. The molecule has 0 saturated carbocycles. The van der Waals surface area contributed by atoms with Gasteiger partial charge in [-0.2, -0.15) is 0 Å². The molecular weight excluding hydrogens is 250 g/mol. The topological polar surface area (TPSA) is 58.4 Å². The maximum absolute atomic E-state index is 11.6. The van der Waals surface area contributed by atoms with E-state index in [-0.39, 0.29) is 5.91 Å². The zero-order valence-electron chi connectivity index (χ0n) is 12.2. The van der Waals surface area contributed by atoms with Gasteiger partial charge in [-0.1, -0.05) is 19.9 Å². The Labute approximate surface area is 120 Å². The summed E-state index contributed by atoms with van der Waals surface area (Å²) in [6, 6.07) is 5.64. The quantitative estimate of drug-likeness (QED) is 0.870. The van der Waals surface area contributed by atoms with Crippen molar-refractivity contribution in [1.29, 1.82) is 0 Å². The third-order valence-corrected chi connectivity index (χ3v) is 4.76. The number of nitrogens with two attached hydrogens (primary N) is 1. The van der Waals surface area contributed by atoms with E-state index < -0.39 is 6.04 Å². The van der Waals surface area contributed by atoms with Gasteiger partial charge in [0.05, 0.1) is 0 Å². The van der Waals surface area contributed by atoms with Crippen LogP contribution in [0.15, 0.2) is 18.2 Å². The Morgan fingerprint density at radius 3 is 2.65 bits per heavy atom. The van der Waals surface area contributed by atoms with Gasteiger partial charge in [-0.25, -0.2) is 0 Å². The predicted octanol–water partition coefficient (Wildman–Crippen LogP) is 2.51. The van der Waals surface area contributed by atoms with E-state index in [2.05, 4.69) is 36.2 Å². The zero-order chi connectivity index (χ0) is 14.3. The van der Waals surface area contributed by atoms with Crippen LogP contribution in [-0.2, 0) is 4.79 Å². The van der Waals surface area contributed by atoms with Crippen LogP contribution in [-0.4, -0.2) is 19.0 Å². The van der Waals surface area contributed by atoms with Crippen molar-refractivity contribution in [2.24, 2.45) is 17.6 Å². The van der Waals surface area contributed by atoms with Crippen LogP contribution in [0.5, 0.6) is 0 Å². The summed E-state index contributed by atoms with van der Waals surface area (Å²) in [5, 5.41) is 2.86. The van der Waals surface area contributed by atoms with Gasteiger partial charge >= 0.3 is 0 Å². The van der Waals surface area contributed by atoms with E-state index >= 15 is 0 Å².